The van der Waals surface area contributed by atoms with Gasteiger partial charge in [-0.2, -0.15) is 4.98 Å². The number of halogens is 1. The predicted molar refractivity (Wildman–Crippen MR) is 67.3 cm³/mol. The summed E-state index contributed by atoms with van der Waals surface area (Å²) in [5.41, 5.74) is 6.26. The highest BCUT2D eigenvalue weighted by molar-refractivity contribution is 5.89. The van der Waals surface area contributed by atoms with Gasteiger partial charge < -0.3 is 11.1 Å². The van der Waals surface area contributed by atoms with Gasteiger partial charge >= 0.3 is 0 Å². The van der Waals surface area contributed by atoms with Crippen LogP contribution < -0.4 is 11.1 Å². The molecule has 2 rings (SSSR count). The molecule has 0 aliphatic heterocycles. The van der Waals surface area contributed by atoms with Crippen LogP contribution in [0.2, 0.25) is 0 Å². The molecule has 4 nitrogen and oxygen atoms in total. The molecular formula is C12H15FN4. The van der Waals surface area contributed by atoms with Crippen molar-refractivity contribution in [1.29, 1.82) is 0 Å². The highest BCUT2D eigenvalue weighted by Gasteiger charge is 2.06. The number of aromatic nitrogens is 2. The number of unbranched alkanes of at least 4 members (excludes halogenated alkanes) is 1. The van der Waals surface area contributed by atoms with Gasteiger partial charge in [0, 0.05) is 11.9 Å². The summed E-state index contributed by atoms with van der Waals surface area (Å²) in [6.45, 7) is 2.90. The largest absolute Gasteiger partial charge is 0.369 e. The molecule has 0 aliphatic rings. The Morgan fingerprint density at radius 3 is 2.94 bits per heavy atom. The van der Waals surface area contributed by atoms with Crippen LogP contribution >= 0.6 is 0 Å². The van der Waals surface area contributed by atoms with Crippen molar-refractivity contribution in [1.82, 2.24) is 9.97 Å². The molecule has 0 fully saturated rings. The van der Waals surface area contributed by atoms with E-state index in [1.165, 1.54) is 12.1 Å². The number of hydrogen-bond donors (Lipinski definition) is 2. The Kier molecular flexibility index (Phi) is 3.37. The number of hydrogen-bond acceptors (Lipinski definition) is 4. The van der Waals surface area contributed by atoms with Crippen molar-refractivity contribution in [2.24, 2.45) is 0 Å². The van der Waals surface area contributed by atoms with E-state index in [-0.39, 0.29) is 11.8 Å². The fourth-order valence-corrected chi connectivity index (χ4v) is 1.64. The number of nitrogens with two attached hydrogens (primary N) is 1. The van der Waals surface area contributed by atoms with Gasteiger partial charge in [0.2, 0.25) is 5.95 Å². The average molecular weight is 234 g/mol. The Morgan fingerprint density at radius 1 is 1.35 bits per heavy atom. The molecular weight excluding hydrogens is 219 g/mol. The third kappa shape index (κ3) is 2.61. The van der Waals surface area contributed by atoms with Crippen molar-refractivity contribution in [2.45, 2.75) is 19.8 Å². The molecule has 90 valence electrons. The van der Waals surface area contributed by atoms with Crippen LogP contribution in [0.15, 0.2) is 18.2 Å². The van der Waals surface area contributed by atoms with Gasteiger partial charge in [0.05, 0.1) is 5.52 Å². The summed E-state index contributed by atoms with van der Waals surface area (Å²) in [5.74, 6) is 0.493. The van der Waals surface area contributed by atoms with E-state index in [4.69, 9.17) is 5.73 Å². The normalized spacial score (nSPS) is 10.7. The summed E-state index contributed by atoms with van der Waals surface area (Å²) in [6, 6.07) is 4.39. The monoisotopic (exact) mass is 234 g/mol. The molecule has 0 radical (unpaired) electrons. The highest BCUT2D eigenvalue weighted by atomic mass is 19.1. The minimum absolute atomic E-state index is 0.197. The predicted octanol–water partition coefficient (Wildman–Crippen LogP) is 2.56. The molecule has 0 spiro atoms. The lowest BCUT2D eigenvalue weighted by molar-refractivity contribution is 0.629. The van der Waals surface area contributed by atoms with Crippen LogP contribution in [0.3, 0.4) is 0 Å². The van der Waals surface area contributed by atoms with Gasteiger partial charge in [-0.15, -0.1) is 0 Å². The zero-order valence-corrected chi connectivity index (χ0v) is 9.70. The molecule has 0 saturated heterocycles. The number of nitrogens with zero attached hydrogens (tertiary/aromatic N) is 2. The topological polar surface area (TPSA) is 63.8 Å². The molecule has 1 aromatic heterocycles. The van der Waals surface area contributed by atoms with Crippen LogP contribution in [-0.2, 0) is 0 Å². The number of anilines is 2. The summed E-state index contributed by atoms with van der Waals surface area (Å²) < 4.78 is 13.2. The summed E-state index contributed by atoms with van der Waals surface area (Å²) in [5, 5.41) is 3.82. The average Bonchev–Trinajstić information content (AvgIpc) is 2.30. The maximum Gasteiger partial charge on any atom is 0.222 e. The molecule has 5 heteroatoms. The molecule has 0 unspecified atom stereocenters. The molecule has 2 aromatic rings. The van der Waals surface area contributed by atoms with Crippen molar-refractivity contribution in [2.75, 3.05) is 17.6 Å². The number of nitrogen functional groups attached to an aromatic ring is 1. The number of benzene rings is 1. The first kappa shape index (κ1) is 11.6. The molecule has 1 heterocycles. The van der Waals surface area contributed by atoms with Gasteiger partial charge in [-0.1, -0.05) is 13.3 Å². The summed E-state index contributed by atoms with van der Waals surface area (Å²) in [7, 11) is 0. The molecule has 0 aliphatic carbocycles. The Bertz CT molecular complexity index is 527. The fourth-order valence-electron chi connectivity index (χ4n) is 1.64. The van der Waals surface area contributed by atoms with Crippen molar-refractivity contribution in [3.8, 4) is 0 Å². The van der Waals surface area contributed by atoms with E-state index in [9.17, 15) is 4.39 Å². The van der Waals surface area contributed by atoms with Gasteiger partial charge in [0.25, 0.3) is 0 Å². The van der Waals surface area contributed by atoms with E-state index < -0.39 is 0 Å². The first-order valence-electron chi connectivity index (χ1n) is 5.67. The second-order valence-electron chi connectivity index (χ2n) is 3.87. The molecule has 0 amide bonds. The number of rotatable bonds is 4. The third-order valence-corrected chi connectivity index (χ3v) is 2.50. The standard InChI is InChI=1S/C12H15FN4/c1-2-3-6-15-11-9-7-8(13)4-5-10(9)16-12(14)17-11/h4-5,7H,2-3,6H2,1H3,(H3,14,15,16,17). The smallest absolute Gasteiger partial charge is 0.222 e. The van der Waals surface area contributed by atoms with E-state index in [2.05, 4.69) is 22.2 Å². The van der Waals surface area contributed by atoms with Gasteiger partial charge in [-0.25, -0.2) is 9.37 Å². The molecule has 17 heavy (non-hydrogen) atoms. The fraction of sp³-hybridized carbons (Fsp3) is 0.333. The zero-order chi connectivity index (χ0) is 12.3. The lowest BCUT2D eigenvalue weighted by atomic mass is 10.2. The Morgan fingerprint density at radius 2 is 2.18 bits per heavy atom. The van der Waals surface area contributed by atoms with Gasteiger partial charge in [0.1, 0.15) is 11.6 Å². The molecule has 0 saturated carbocycles. The zero-order valence-electron chi connectivity index (χ0n) is 9.70. The van der Waals surface area contributed by atoms with Crippen LogP contribution in [0.25, 0.3) is 10.9 Å². The summed E-state index contributed by atoms with van der Waals surface area (Å²) >= 11 is 0. The second-order valence-corrected chi connectivity index (χ2v) is 3.87. The van der Waals surface area contributed by atoms with E-state index in [1.54, 1.807) is 6.07 Å². The van der Waals surface area contributed by atoms with Crippen molar-refractivity contribution in [3.05, 3.63) is 24.0 Å². The second kappa shape index (κ2) is 4.95. The highest BCUT2D eigenvalue weighted by Crippen LogP contribution is 2.22. The Labute approximate surface area is 99.1 Å². The van der Waals surface area contributed by atoms with Gasteiger partial charge in [-0.3, -0.25) is 0 Å². The van der Waals surface area contributed by atoms with Crippen molar-refractivity contribution < 1.29 is 4.39 Å². The maximum atomic E-state index is 13.2. The van der Waals surface area contributed by atoms with Gasteiger partial charge in [0.15, 0.2) is 0 Å². The molecule has 1 aromatic carbocycles. The number of nitrogens with one attached hydrogen (secondary N) is 1. The summed E-state index contributed by atoms with van der Waals surface area (Å²) in [6.07, 6.45) is 2.11. The van der Waals surface area contributed by atoms with Crippen LogP contribution in [0.1, 0.15) is 19.8 Å². The lowest BCUT2D eigenvalue weighted by Crippen LogP contribution is -2.06. The quantitative estimate of drug-likeness (QED) is 0.798. The van der Waals surface area contributed by atoms with Crippen LogP contribution in [-0.4, -0.2) is 16.5 Å². The first-order valence-corrected chi connectivity index (χ1v) is 5.67. The van der Waals surface area contributed by atoms with E-state index >= 15 is 0 Å². The van der Waals surface area contributed by atoms with Crippen LogP contribution in [0.4, 0.5) is 16.2 Å². The Hall–Kier alpha value is -1.91. The molecule has 3 N–H and O–H groups in total. The summed E-state index contributed by atoms with van der Waals surface area (Å²) in [4.78, 5) is 8.17. The SMILES string of the molecule is CCCCNc1nc(N)nc2ccc(F)cc12. The van der Waals surface area contributed by atoms with Crippen molar-refractivity contribution in [3.63, 3.8) is 0 Å². The third-order valence-electron chi connectivity index (χ3n) is 2.50. The molecule has 0 bridgehead atoms. The van der Waals surface area contributed by atoms with Crippen LogP contribution in [0.5, 0.6) is 0 Å². The first-order chi connectivity index (χ1) is 8.20. The van der Waals surface area contributed by atoms with Gasteiger partial charge in [-0.05, 0) is 24.6 Å². The van der Waals surface area contributed by atoms with Crippen LogP contribution in [0, 0.1) is 5.82 Å². The Balaban J connectivity index is 2.40. The maximum absolute atomic E-state index is 13.2. The minimum Gasteiger partial charge on any atom is -0.369 e. The van der Waals surface area contributed by atoms with E-state index in [0.717, 1.165) is 19.4 Å². The van der Waals surface area contributed by atoms with Crippen molar-refractivity contribution >= 4 is 22.7 Å². The van der Waals surface area contributed by atoms with E-state index in [1.807, 2.05) is 0 Å². The van der Waals surface area contributed by atoms with E-state index in [0.29, 0.717) is 16.7 Å². The molecule has 0 atom stereocenters. The number of fused-ring (bicyclic) bond motifs is 1. The lowest BCUT2D eigenvalue weighted by Gasteiger charge is -2.08. The minimum atomic E-state index is -0.301.